The monoisotopic (exact) mass is 304 g/mol. The van der Waals surface area contributed by atoms with Crippen molar-refractivity contribution in [1.29, 1.82) is 0 Å². The van der Waals surface area contributed by atoms with E-state index in [-0.39, 0.29) is 16.7 Å². The summed E-state index contributed by atoms with van der Waals surface area (Å²) in [6, 6.07) is 9.12. The average molecular weight is 304 g/mol. The first-order valence-corrected chi connectivity index (χ1v) is 6.52. The molecule has 0 amide bonds. The van der Waals surface area contributed by atoms with Crippen molar-refractivity contribution in [3.8, 4) is 11.3 Å². The van der Waals surface area contributed by atoms with Crippen LogP contribution in [0.3, 0.4) is 0 Å². The number of aryl methyl sites for hydroxylation is 1. The van der Waals surface area contributed by atoms with Gasteiger partial charge in [-0.1, -0.05) is 12.1 Å². The van der Waals surface area contributed by atoms with Crippen LogP contribution in [-0.4, -0.2) is 9.97 Å². The summed E-state index contributed by atoms with van der Waals surface area (Å²) in [5.74, 6) is 0. The Hall–Kier alpha value is -2.63. The summed E-state index contributed by atoms with van der Waals surface area (Å²) in [6.07, 6.45) is -3.16. The number of hydrogen-bond donors (Lipinski definition) is 1. The van der Waals surface area contributed by atoms with Crippen LogP contribution in [0.2, 0.25) is 0 Å². The first kappa shape index (κ1) is 14.3. The number of halogens is 3. The Balaban J connectivity index is 2.22. The molecule has 0 atom stereocenters. The van der Waals surface area contributed by atoms with Crippen LogP contribution in [0.25, 0.3) is 22.2 Å². The van der Waals surface area contributed by atoms with Crippen LogP contribution < -0.4 is 5.43 Å². The average Bonchev–Trinajstić information content (AvgIpc) is 2.46. The molecule has 2 heterocycles. The Morgan fingerprint density at radius 1 is 1.14 bits per heavy atom. The molecule has 112 valence electrons. The summed E-state index contributed by atoms with van der Waals surface area (Å²) in [5, 5.41) is 0.488. The summed E-state index contributed by atoms with van der Waals surface area (Å²) in [6.45, 7) is 1.30. The molecule has 0 saturated heterocycles. The third-order valence-electron chi connectivity index (χ3n) is 3.44. The second-order valence-electron chi connectivity index (χ2n) is 4.95. The van der Waals surface area contributed by atoms with Crippen LogP contribution in [0.1, 0.15) is 11.3 Å². The van der Waals surface area contributed by atoms with Crippen LogP contribution >= 0.6 is 0 Å². The molecule has 3 rings (SSSR count). The highest BCUT2D eigenvalue weighted by Gasteiger charge is 2.33. The first-order chi connectivity index (χ1) is 10.4. The number of fused-ring (bicyclic) bond motifs is 1. The van der Waals surface area contributed by atoms with E-state index in [4.69, 9.17) is 0 Å². The summed E-state index contributed by atoms with van der Waals surface area (Å²) < 4.78 is 38.9. The van der Waals surface area contributed by atoms with Gasteiger partial charge in [-0.25, -0.2) is 0 Å². The number of alkyl halides is 3. The molecule has 0 saturated carbocycles. The molecule has 22 heavy (non-hydrogen) atoms. The number of para-hydroxylation sites is 1. The van der Waals surface area contributed by atoms with Crippen molar-refractivity contribution in [2.45, 2.75) is 13.1 Å². The van der Waals surface area contributed by atoms with Gasteiger partial charge < -0.3 is 4.98 Å². The molecule has 3 aromatic rings. The number of nitrogens with zero attached hydrogens (tertiary/aromatic N) is 1. The highest BCUT2D eigenvalue weighted by atomic mass is 19.4. The van der Waals surface area contributed by atoms with Crippen LogP contribution in [0, 0.1) is 6.92 Å². The van der Waals surface area contributed by atoms with E-state index in [2.05, 4.69) is 9.97 Å². The van der Waals surface area contributed by atoms with Gasteiger partial charge in [-0.2, -0.15) is 13.2 Å². The molecule has 2 aromatic heterocycles. The molecule has 0 aliphatic rings. The minimum absolute atomic E-state index is 0.0978. The van der Waals surface area contributed by atoms with Gasteiger partial charge in [-0.3, -0.25) is 9.78 Å². The Bertz CT molecular complexity index is 913. The smallest absolute Gasteiger partial charge is 0.354 e. The Labute approximate surface area is 123 Å². The molecular formula is C16H11F3N2O. The number of aromatic nitrogens is 2. The van der Waals surface area contributed by atoms with E-state index in [0.29, 0.717) is 16.6 Å². The van der Waals surface area contributed by atoms with Gasteiger partial charge in [0.25, 0.3) is 0 Å². The maximum atomic E-state index is 13.0. The van der Waals surface area contributed by atoms with E-state index >= 15 is 0 Å². The van der Waals surface area contributed by atoms with Crippen molar-refractivity contribution in [1.82, 2.24) is 9.97 Å². The third kappa shape index (κ3) is 2.47. The number of aromatic amines is 1. The Morgan fingerprint density at radius 2 is 1.86 bits per heavy atom. The van der Waals surface area contributed by atoms with Gasteiger partial charge in [0.05, 0.1) is 11.3 Å². The molecule has 0 spiro atoms. The Morgan fingerprint density at radius 3 is 2.59 bits per heavy atom. The molecular weight excluding hydrogens is 293 g/mol. The van der Waals surface area contributed by atoms with Crippen molar-refractivity contribution in [2.75, 3.05) is 0 Å². The maximum absolute atomic E-state index is 13.0. The zero-order valence-corrected chi connectivity index (χ0v) is 11.5. The quantitative estimate of drug-likeness (QED) is 0.740. The summed E-state index contributed by atoms with van der Waals surface area (Å²) in [5.41, 5.74) is -0.0570. The number of pyridine rings is 2. The van der Waals surface area contributed by atoms with Gasteiger partial charge in [-0.15, -0.1) is 0 Å². The predicted molar refractivity (Wildman–Crippen MR) is 77.5 cm³/mol. The van der Waals surface area contributed by atoms with Gasteiger partial charge in [0, 0.05) is 34.4 Å². The second kappa shape index (κ2) is 4.98. The molecule has 1 N–H and O–H groups in total. The van der Waals surface area contributed by atoms with Gasteiger partial charge in [0.1, 0.15) is 0 Å². The van der Waals surface area contributed by atoms with Crippen molar-refractivity contribution in [3.63, 3.8) is 0 Å². The SMILES string of the molecule is Cc1ncc(-c2cc(=O)c3ccccc3[nH]2)cc1C(F)(F)F. The summed E-state index contributed by atoms with van der Waals surface area (Å²) in [4.78, 5) is 18.8. The van der Waals surface area contributed by atoms with E-state index in [1.54, 1.807) is 24.3 Å². The minimum Gasteiger partial charge on any atom is -0.354 e. The highest BCUT2D eigenvalue weighted by molar-refractivity contribution is 5.81. The second-order valence-corrected chi connectivity index (χ2v) is 4.95. The molecule has 3 nitrogen and oxygen atoms in total. The molecule has 0 fully saturated rings. The number of rotatable bonds is 1. The number of nitrogens with one attached hydrogen (secondary N) is 1. The zero-order chi connectivity index (χ0) is 15.9. The fraction of sp³-hybridized carbons (Fsp3) is 0.125. The van der Waals surface area contributed by atoms with Gasteiger partial charge in [-0.05, 0) is 25.1 Å². The van der Waals surface area contributed by atoms with Gasteiger partial charge in [0.2, 0.25) is 0 Å². The number of benzene rings is 1. The van der Waals surface area contributed by atoms with E-state index in [0.717, 1.165) is 6.07 Å². The van der Waals surface area contributed by atoms with Crippen molar-refractivity contribution in [2.24, 2.45) is 0 Å². The zero-order valence-electron chi connectivity index (χ0n) is 11.5. The molecule has 0 radical (unpaired) electrons. The minimum atomic E-state index is -4.48. The third-order valence-corrected chi connectivity index (χ3v) is 3.44. The van der Waals surface area contributed by atoms with E-state index in [1.165, 1.54) is 19.2 Å². The van der Waals surface area contributed by atoms with Crippen LogP contribution in [0.4, 0.5) is 13.2 Å². The van der Waals surface area contributed by atoms with Crippen LogP contribution in [0.5, 0.6) is 0 Å². The van der Waals surface area contributed by atoms with Crippen molar-refractivity contribution >= 4 is 10.9 Å². The van der Waals surface area contributed by atoms with Gasteiger partial charge in [0.15, 0.2) is 5.43 Å². The topological polar surface area (TPSA) is 45.8 Å². The molecule has 0 aliphatic heterocycles. The fourth-order valence-electron chi connectivity index (χ4n) is 2.32. The van der Waals surface area contributed by atoms with E-state index in [1.807, 2.05) is 0 Å². The summed E-state index contributed by atoms with van der Waals surface area (Å²) in [7, 11) is 0. The highest BCUT2D eigenvalue weighted by Crippen LogP contribution is 2.33. The van der Waals surface area contributed by atoms with Crippen LogP contribution in [0.15, 0.2) is 47.4 Å². The molecule has 0 unspecified atom stereocenters. The maximum Gasteiger partial charge on any atom is 0.418 e. The first-order valence-electron chi connectivity index (χ1n) is 6.52. The fourth-order valence-corrected chi connectivity index (χ4v) is 2.32. The number of hydrogen-bond acceptors (Lipinski definition) is 2. The van der Waals surface area contributed by atoms with Crippen LogP contribution in [-0.2, 0) is 6.18 Å². The molecule has 0 bridgehead atoms. The lowest BCUT2D eigenvalue weighted by Crippen LogP contribution is -2.09. The van der Waals surface area contributed by atoms with Crippen molar-refractivity contribution < 1.29 is 13.2 Å². The Kier molecular flexibility index (Phi) is 3.24. The summed E-state index contributed by atoms with van der Waals surface area (Å²) >= 11 is 0. The van der Waals surface area contributed by atoms with E-state index < -0.39 is 11.7 Å². The predicted octanol–water partition coefficient (Wildman–Crippen LogP) is 3.92. The molecule has 6 heteroatoms. The molecule has 1 aromatic carbocycles. The lowest BCUT2D eigenvalue weighted by molar-refractivity contribution is -0.138. The standard InChI is InChI=1S/C16H11F3N2O/c1-9-12(16(17,18)19)6-10(8-20-9)14-7-15(22)11-4-2-3-5-13(11)21-14/h2-8H,1H3,(H,21,22). The van der Waals surface area contributed by atoms with Crippen molar-refractivity contribution in [3.05, 3.63) is 64.1 Å². The van der Waals surface area contributed by atoms with E-state index in [9.17, 15) is 18.0 Å². The number of H-pyrrole nitrogens is 1. The lowest BCUT2D eigenvalue weighted by Gasteiger charge is -2.11. The largest absolute Gasteiger partial charge is 0.418 e. The normalized spacial score (nSPS) is 11.8. The molecule has 0 aliphatic carbocycles. The lowest BCUT2D eigenvalue weighted by atomic mass is 10.1. The van der Waals surface area contributed by atoms with Gasteiger partial charge >= 0.3 is 6.18 Å².